The van der Waals surface area contributed by atoms with Gasteiger partial charge in [0.1, 0.15) is 22.5 Å². The van der Waals surface area contributed by atoms with Crippen molar-refractivity contribution in [2.45, 2.75) is 18.3 Å². The smallest absolute Gasteiger partial charge is 0.129 e. The van der Waals surface area contributed by atoms with Crippen LogP contribution >= 0.6 is 22.9 Å². The third kappa shape index (κ3) is 4.85. The third-order valence-corrected chi connectivity index (χ3v) is 6.99. The number of nitrogens with zero attached hydrogens (tertiary/aromatic N) is 2. The summed E-state index contributed by atoms with van der Waals surface area (Å²) in [5, 5.41) is 7.20. The van der Waals surface area contributed by atoms with Crippen LogP contribution in [-0.2, 0) is 5.41 Å². The molecule has 1 N–H and O–H groups in total. The Morgan fingerprint density at radius 1 is 0.969 bits per heavy atom. The third-order valence-electron chi connectivity index (χ3n) is 5.88. The number of halogens is 1. The van der Waals surface area contributed by atoms with Crippen molar-refractivity contribution in [3.8, 4) is 27.6 Å². The lowest BCUT2D eigenvalue weighted by Gasteiger charge is -2.16. The quantitative estimate of drug-likeness (QED) is 0.237. The van der Waals surface area contributed by atoms with Gasteiger partial charge in [0, 0.05) is 41.2 Å². The average Bonchev–Trinajstić information content (AvgIpc) is 3.46. The summed E-state index contributed by atoms with van der Waals surface area (Å²) in [5.41, 5.74) is 4.74. The van der Waals surface area contributed by atoms with Crippen LogP contribution in [0.5, 0.6) is 5.75 Å². The number of thiazole rings is 1. The molecule has 0 unspecified atom stereocenters. The molecule has 4 aromatic rings. The first-order valence-corrected chi connectivity index (χ1v) is 12.0. The van der Waals surface area contributed by atoms with Crippen molar-refractivity contribution >= 4 is 22.9 Å². The summed E-state index contributed by atoms with van der Waals surface area (Å²) in [6.07, 6.45) is 4.28. The Morgan fingerprint density at radius 2 is 1.78 bits per heavy atom. The lowest BCUT2D eigenvalue weighted by atomic mass is 9.98. The fourth-order valence-corrected chi connectivity index (χ4v) is 4.77. The lowest BCUT2D eigenvalue weighted by molar-refractivity contribution is 0.311. The van der Waals surface area contributed by atoms with Crippen molar-refractivity contribution in [2.75, 3.05) is 19.7 Å². The minimum Gasteiger partial charge on any atom is -0.492 e. The number of hydrogen-bond acceptors (Lipinski definition) is 5. The zero-order chi connectivity index (χ0) is 21.8. The largest absolute Gasteiger partial charge is 0.492 e. The SMILES string of the molecule is Clc1ccc(C2(CNCCOc3ccc(-c4nc(-c5ccccc5)cs4)cc3)CC2)cn1. The van der Waals surface area contributed by atoms with Gasteiger partial charge in [-0.3, -0.25) is 0 Å². The first-order valence-electron chi connectivity index (χ1n) is 10.8. The van der Waals surface area contributed by atoms with Crippen LogP contribution in [-0.4, -0.2) is 29.7 Å². The van der Waals surface area contributed by atoms with Crippen LogP contribution in [0.1, 0.15) is 18.4 Å². The maximum Gasteiger partial charge on any atom is 0.129 e. The second-order valence-electron chi connectivity index (χ2n) is 8.10. The molecule has 0 atom stereocenters. The van der Waals surface area contributed by atoms with Gasteiger partial charge in [0.15, 0.2) is 0 Å². The van der Waals surface area contributed by atoms with Crippen LogP contribution in [0.2, 0.25) is 5.15 Å². The summed E-state index contributed by atoms with van der Waals surface area (Å²) >= 11 is 7.57. The van der Waals surface area contributed by atoms with E-state index in [1.165, 1.54) is 18.4 Å². The molecule has 5 rings (SSSR count). The molecule has 0 aliphatic heterocycles. The van der Waals surface area contributed by atoms with Crippen LogP contribution in [0.25, 0.3) is 21.8 Å². The Morgan fingerprint density at radius 3 is 2.50 bits per heavy atom. The molecule has 2 aromatic heterocycles. The van der Waals surface area contributed by atoms with Crippen LogP contribution in [0.3, 0.4) is 0 Å². The Bertz CT molecular complexity index is 1160. The van der Waals surface area contributed by atoms with E-state index in [-0.39, 0.29) is 5.41 Å². The van der Waals surface area contributed by atoms with E-state index in [1.807, 2.05) is 42.6 Å². The number of pyridine rings is 1. The van der Waals surface area contributed by atoms with Gasteiger partial charge < -0.3 is 10.1 Å². The normalized spacial score (nSPS) is 14.3. The first-order chi connectivity index (χ1) is 15.7. The molecule has 0 bridgehead atoms. The van der Waals surface area contributed by atoms with Crippen LogP contribution in [0.4, 0.5) is 0 Å². The Kier molecular flexibility index (Phi) is 6.21. The summed E-state index contributed by atoms with van der Waals surface area (Å²) in [5.74, 6) is 0.874. The minimum absolute atomic E-state index is 0.214. The summed E-state index contributed by atoms with van der Waals surface area (Å²) in [6, 6.07) is 22.4. The Balaban J connectivity index is 1.10. The van der Waals surface area contributed by atoms with Gasteiger partial charge in [-0.1, -0.05) is 48.0 Å². The van der Waals surface area contributed by atoms with Crippen molar-refractivity contribution in [3.05, 3.63) is 89.0 Å². The predicted molar refractivity (Wildman–Crippen MR) is 132 cm³/mol. The number of hydrogen-bond donors (Lipinski definition) is 1. The highest BCUT2D eigenvalue weighted by Gasteiger charge is 2.43. The van der Waals surface area contributed by atoms with Crippen molar-refractivity contribution < 1.29 is 4.74 Å². The van der Waals surface area contributed by atoms with E-state index in [4.69, 9.17) is 21.3 Å². The Hall–Kier alpha value is -2.73. The maximum atomic E-state index is 5.92. The highest BCUT2D eigenvalue weighted by Crippen LogP contribution is 2.47. The predicted octanol–water partition coefficient (Wildman–Crippen LogP) is 6.23. The van der Waals surface area contributed by atoms with Crippen molar-refractivity contribution in [1.29, 1.82) is 0 Å². The zero-order valence-corrected chi connectivity index (χ0v) is 19.2. The zero-order valence-electron chi connectivity index (χ0n) is 17.6. The number of ether oxygens (including phenoxy) is 1. The molecule has 32 heavy (non-hydrogen) atoms. The molecule has 1 aliphatic rings. The molecular weight excluding hydrogens is 438 g/mol. The number of benzene rings is 2. The number of aromatic nitrogens is 2. The number of rotatable bonds is 9. The average molecular weight is 462 g/mol. The summed E-state index contributed by atoms with van der Waals surface area (Å²) in [4.78, 5) is 9.01. The first kappa shape index (κ1) is 21.1. The molecule has 1 saturated carbocycles. The molecule has 1 fully saturated rings. The number of nitrogens with one attached hydrogen (secondary N) is 1. The second kappa shape index (κ2) is 9.41. The van der Waals surface area contributed by atoms with E-state index in [2.05, 4.69) is 46.0 Å². The van der Waals surface area contributed by atoms with Gasteiger partial charge in [-0.25, -0.2) is 9.97 Å². The summed E-state index contributed by atoms with van der Waals surface area (Å²) in [7, 11) is 0. The van der Waals surface area contributed by atoms with E-state index in [0.717, 1.165) is 40.7 Å². The fourth-order valence-electron chi connectivity index (χ4n) is 3.82. The van der Waals surface area contributed by atoms with Gasteiger partial charge in [0.25, 0.3) is 0 Å². The molecule has 2 aromatic carbocycles. The standard InChI is InChI=1S/C26H24ClN3OS/c27-24-11-8-21(16-29-24)26(12-13-26)18-28-14-15-31-22-9-6-20(7-10-22)25-30-23(17-32-25)19-4-2-1-3-5-19/h1-11,16-17,28H,12-15,18H2. The van der Waals surface area contributed by atoms with E-state index in [0.29, 0.717) is 11.8 Å². The van der Waals surface area contributed by atoms with E-state index in [1.54, 1.807) is 11.3 Å². The maximum absolute atomic E-state index is 5.92. The molecule has 4 nitrogen and oxygen atoms in total. The van der Waals surface area contributed by atoms with Gasteiger partial charge in [0.2, 0.25) is 0 Å². The van der Waals surface area contributed by atoms with Crippen LogP contribution < -0.4 is 10.1 Å². The highest BCUT2D eigenvalue weighted by molar-refractivity contribution is 7.13. The van der Waals surface area contributed by atoms with E-state index in [9.17, 15) is 0 Å². The van der Waals surface area contributed by atoms with E-state index >= 15 is 0 Å². The molecule has 0 spiro atoms. The van der Waals surface area contributed by atoms with Gasteiger partial charge in [-0.15, -0.1) is 11.3 Å². The van der Waals surface area contributed by atoms with Gasteiger partial charge in [-0.05, 0) is 48.7 Å². The highest BCUT2D eigenvalue weighted by atomic mass is 35.5. The molecule has 0 saturated heterocycles. The van der Waals surface area contributed by atoms with Gasteiger partial charge >= 0.3 is 0 Å². The topological polar surface area (TPSA) is 47.0 Å². The van der Waals surface area contributed by atoms with Gasteiger partial charge in [-0.2, -0.15) is 0 Å². The lowest BCUT2D eigenvalue weighted by Crippen LogP contribution is -2.30. The Labute approximate surface area is 197 Å². The van der Waals surface area contributed by atoms with Gasteiger partial charge in [0.05, 0.1) is 5.69 Å². The monoisotopic (exact) mass is 461 g/mol. The molecule has 0 amide bonds. The molecule has 1 aliphatic carbocycles. The second-order valence-corrected chi connectivity index (χ2v) is 9.35. The van der Waals surface area contributed by atoms with Crippen molar-refractivity contribution in [3.63, 3.8) is 0 Å². The molecule has 162 valence electrons. The van der Waals surface area contributed by atoms with Crippen molar-refractivity contribution in [1.82, 2.24) is 15.3 Å². The molecular formula is C26H24ClN3OS. The molecule has 2 heterocycles. The van der Waals surface area contributed by atoms with E-state index < -0.39 is 0 Å². The summed E-state index contributed by atoms with van der Waals surface area (Å²) < 4.78 is 5.92. The summed E-state index contributed by atoms with van der Waals surface area (Å²) in [6.45, 7) is 2.37. The van der Waals surface area contributed by atoms with Crippen LogP contribution in [0.15, 0.2) is 78.3 Å². The molecule has 6 heteroatoms. The van der Waals surface area contributed by atoms with Crippen LogP contribution in [0, 0.1) is 0 Å². The minimum atomic E-state index is 0.214. The molecule has 0 radical (unpaired) electrons. The fraction of sp³-hybridized carbons (Fsp3) is 0.231. The van der Waals surface area contributed by atoms with Crippen molar-refractivity contribution in [2.24, 2.45) is 0 Å².